The van der Waals surface area contributed by atoms with E-state index in [1.807, 2.05) is 0 Å². The normalized spacial score (nSPS) is 30.4. The van der Waals surface area contributed by atoms with Crippen LogP contribution in [0.4, 0.5) is 0 Å². The SMILES string of the molecule is CCCC(C)C(=O)N1CCCC1C1CCCNC1. The predicted molar refractivity (Wildman–Crippen MR) is 74.4 cm³/mol. The molecule has 104 valence electrons. The molecule has 0 aromatic carbocycles. The molecule has 2 heterocycles. The maximum atomic E-state index is 12.5. The van der Waals surface area contributed by atoms with Gasteiger partial charge in [0.05, 0.1) is 0 Å². The second-order valence-electron chi connectivity index (χ2n) is 6.04. The molecule has 0 radical (unpaired) electrons. The number of likely N-dealkylation sites (tertiary alicyclic amines) is 1. The summed E-state index contributed by atoms with van der Waals surface area (Å²) >= 11 is 0. The molecule has 3 unspecified atom stereocenters. The highest BCUT2D eigenvalue weighted by molar-refractivity contribution is 5.79. The number of carbonyl (C=O) groups excluding carboxylic acids is 1. The third-order valence-corrected chi connectivity index (χ3v) is 4.60. The molecule has 0 bridgehead atoms. The number of piperidine rings is 1. The highest BCUT2D eigenvalue weighted by Crippen LogP contribution is 2.29. The number of carbonyl (C=O) groups is 1. The summed E-state index contributed by atoms with van der Waals surface area (Å²) in [6.07, 6.45) is 7.13. The highest BCUT2D eigenvalue weighted by Gasteiger charge is 2.36. The van der Waals surface area contributed by atoms with Crippen LogP contribution < -0.4 is 5.32 Å². The van der Waals surface area contributed by atoms with Crippen LogP contribution in [0.1, 0.15) is 52.4 Å². The monoisotopic (exact) mass is 252 g/mol. The van der Waals surface area contributed by atoms with E-state index in [-0.39, 0.29) is 5.92 Å². The van der Waals surface area contributed by atoms with Crippen LogP contribution in [0.5, 0.6) is 0 Å². The molecule has 3 atom stereocenters. The molecule has 0 aromatic rings. The van der Waals surface area contributed by atoms with Gasteiger partial charge in [-0.05, 0) is 51.1 Å². The van der Waals surface area contributed by atoms with Gasteiger partial charge < -0.3 is 10.2 Å². The zero-order valence-electron chi connectivity index (χ0n) is 12.0. The minimum Gasteiger partial charge on any atom is -0.339 e. The van der Waals surface area contributed by atoms with E-state index in [1.54, 1.807) is 0 Å². The highest BCUT2D eigenvalue weighted by atomic mass is 16.2. The summed E-state index contributed by atoms with van der Waals surface area (Å²) in [5.74, 6) is 1.32. The number of hydrogen-bond donors (Lipinski definition) is 1. The molecule has 3 heteroatoms. The third-order valence-electron chi connectivity index (χ3n) is 4.60. The van der Waals surface area contributed by atoms with Crippen molar-refractivity contribution in [3.8, 4) is 0 Å². The molecule has 0 saturated carbocycles. The van der Waals surface area contributed by atoms with Crippen molar-refractivity contribution < 1.29 is 4.79 Å². The number of nitrogens with zero attached hydrogens (tertiary/aromatic N) is 1. The summed E-state index contributed by atoms with van der Waals surface area (Å²) < 4.78 is 0. The Morgan fingerprint density at radius 2 is 2.22 bits per heavy atom. The number of nitrogens with one attached hydrogen (secondary N) is 1. The molecule has 2 aliphatic rings. The van der Waals surface area contributed by atoms with Crippen LogP contribution in [-0.2, 0) is 4.79 Å². The average Bonchev–Trinajstić information content (AvgIpc) is 2.88. The van der Waals surface area contributed by atoms with Crippen molar-refractivity contribution in [1.29, 1.82) is 0 Å². The topological polar surface area (TPSA) is 32.3 Å². The van der Waals surface area contributed by atoms with E-state index in [4.69, 9.17) is 0 Å². The minimum absolute atomic E-state index is 0.215. The van der Waals surface area contributed by atoms with E-state index in [9.17, 15) is 4.79 Å². The fourth-order valence-corrected chi connectivity index (χ4v) is 3.60. The quantitative estimate of drug-likeness (QED) is 0.833. The summed E-state index contributed by atoms with van der Waals surface area (Å²) in [6, 6.07) is 0.518. The van der Waals surface area contributed by atoms with Crippen LogP contribution in [0.3, 0.4) is 0 Å². The Morgan fingerprint density at radius 1 is 1.39 bits per heavy atom. The van der Waals surface area contributed by atoms with E-state index >= 15 is 0 Å². The molecule has 2 fully saturated rings. The van der Waals surface area contributed by atoms with Crippen LogP contribution in [0, 0.1) is 11.8 Å². The zero-order chi connectivity index (χ0) is 13.0. The van der Waals surface area contributed by atoms with Crippen LogP contribution >= 0.6 is 0 Å². The Morgan fingerprint density at radius 3 is 2.89 bits per heavy atom. The molecule has 2 saturated heterocycles. The second kappa shape index (κ2) is 6.55. The Bertz CT molecular complexity index is 274. The fraction of sp³-hybridized carbons (Fsp3) is 0.933. The largest absolute Gasteiger partial charge is 0.339 e. The van der Waals surface area contributed by atoms with Crippen molar-refractivity contribution >= 4 is 5.91 Å². The Kier molecular flexibility index (Phi) is 5.04. The summed E-state index contributed by atoms with van der Waals surface area (Å²) in [4.78, 5) is 14.7. The predicted octanol–water partition coefficient (Wildman–Crippen LogP) is 2.41. The van der Waals surface area contributed by atoms with E-state index in [2.05, 4.69) is 24.1 Å². The van der Waals surface area contributed by atoms with Gasteiger partial charge in [-0.3, -0.25) is 4.79 Å². The van der Waals surface area contributed by atoms with E-state index < -0.39 is 0 Å². The molecule has 0 spiro atoms. The second-order valence-corrected chi connectivity index (χ2v) is 6.04. The van der Waals surface area contributed by atoms with Gasteiger partial charge in [0.25, 0.3) is 0 Å². The number of amides is 1. The van der Waals surface area contributed by atoms with Gasteiger partial charge in [0.2, 0.25) is 5.91 Å². The summed E-state index contributed by atoms with van der Waals surface area (Å²) in [5, 5.41) is 3.49. The molecular weight excluding hydrogens is 224 g/mol. The summed E-state index contributed by atoms with van der Waals surface area (Å²) in [7, 11) is 0. The third kappa shape index (κ3) is 3.05. The van der Waals surface area contributed by atoms with Gasteiger partial charge in [-0.2, -0.15) is 0 Å². The standard InChI is InChI=1S/C15H28N2O/c1-3-6-12(2)15(18)17-10-5-8-14(17)13-7-4-9-16-11-13/h12-14,16H,3-11H2,1-2H3. The lowest BCUT2D eigenvalue weighted by Gasteiger charge is -2.35. The van der Waals surface area contributed by atoms with Crippen molar-refractivity contribution in [1.82, 2.24) is 10.2 Å². The Hall–Kier alpha value is -0.570. The van der Waals surface area contributed by atoms with Crippen LogP contribution in [0.2, 0.25) is 0 Å². The van der Waals surface area contributed by atoms with Crippen LogP contribution in [-0.4, -0.2) is 36.5 Å². The first-order valence-corrected chi connectivity index (χ1v) is 7.75. The molecule has 0 aliphatic carbocycles. The molecule has 18 heavy (non-hydrogen) atoms. The van der Waals surface area contributed by atoms with Crippen molar-refractivity contribution in [2.75, 3.05) is 19.6 Å². The van der Waals surface area contributed by atoms with Gasteiger partial charge in [-0.1, -0.05) is 20.3 Å². The lowest BCUT2D eigenvalue weighted by Crippen LogP contribution is -2.47. The molecule has 0 aromatic heterocycles. The molecule has 2 rings (SSSR count). The smallest absolute Gasteiger partial charge is 0.225 e. The first-order chi connectivity index (χ1) is 8.74. The van der Waals surface area contributed by atoms with Gasteiger partial charge in [0, 0.05) is 18.5 Å². The molecule has 1 amide bonds. The summed E-state index contributed by atoms with van der Waals surface area (Å²) in [6.45, 7) is 7.52. The average molecular weight is 252 g/mol. The Labute approximate surface area is 111 Å². The van der Waals surface area contributed by atoms with Gasteiger partial charge in [0.15, 0.2) is 0 Å². The van der Waals surface area contributed by atoms with Crippen molar-refractivity contribution in [2.45, 2.75) is 58.4 Å². The van der Waals surface area contributed by atoms with Crippen LogP contribution in [0.15, 0.2) is 0 Å². The lowest BCUT2D eigenvalue weighted by atomic mass is 9.89. The minimum atomic E-state index is 0.215. The number of hydrogen-bond acceptors (Lipinski definition) is 2. The van der Waals surface area contributed by atoms with Crippen molar-refractivity contribution in [3.05, 3.63) is 0 Å². The summed E-state index contributed by atoms with van der Waals surface area (Å²) in [5.41, 5.74) is 0. The van der Waals surface area contributed by atoms with Gasteiger partial charge in [-0.15, -0.1) is 0 Å². The lowest BCUT2D eigenvalue weighted by molar-refractivity contribution is -0.137. The molecule has 3 nitrogen and oxygen atoms in total. The number of rotatable bonds is 4. The maximum Gasteiger partial charge on any atom is 0.225 e. The van der Waals surface area contributed by atoms with Gasteiger partial charge in [0.1, 0.15) is 0 Å². The first kappa shape index (κ1) is 13.9. The Balaban J connectivity index is 1.95. The van der Waals surface area contributed by atoms with Crippen molar-refractivity contribution in [3.63, 3.8) is 0 Å². The van der Waals surface area contributed by atoms with E-state index in [0.717, 1.165) is 32.5 Å². The fourth-order valence-electron chi connectivity index (χ4n) is 3.60. The van der Waals surface area contributed by atoms with E-state index in [0.29, 0.717) is 17.9 Å². The van der Waals surface area contributed by atoms with E-state index in [1.165, 1.54) is 25.7 Å². The van der Waals surface area contributed by atoms with Crippen molar-refractivity contribution in [2.24, 2.45) is 11.8 Å². The molecule has 2 aliphatic heterocycles. The van der Waals surface area contributed by atoms with Gasteiger partial charge >= 0.3 is 0 Å². The first-order valence-electron chi connectivity index (χ1n) is 7.75. The molecular formula is C15H28N2O. The van der Waals surface area contributed by atoms with Gasteiger partial charge in [-0.25, -0.2) is 0 Å². The maximum absolute atomic E-state index is 12.5. The zero-order valence-corrected chi connectivity index (χ0v) is 12.0. The van der Waals surface area contributed by atoms with Crippen LogP contribution in [0.25, 0.3) is 0 Å². The molecule has 1 N–H and O–H groups in total.